The first kappa shape index (κ1) is 16.1. The average Bonchev–Trinajstić information content (AvgIpc) is 2.46. The second kappa shape index (κ2) is 9.06. The molecule has 1 aromatic carbocycles. The molecule has 0 radical (unpaired) electrons. The Hall–Kier alpha value is -1.92. The second-order valence-corrected chi connectivity index (χ2v) is 4.33. The van der Waals surface area contributed by atoms with Crippen LogP contribution in [0.4, 0.5) is 5.69 Å². The van der Waals surface area contributed by atoms with Crippen molar-refractivity contribution in [3.05, 3.63) is 42.5 Å². The zero-order valence-corrected chi connectivity index (χ0v) is 12.3. The van der Waals surface area contributed by atoms with Crippen molar-refractivity contribution in [3.63, 3.8) is 0 Å². The summed E-state index contributed by atoms with van der Waals surface area (Å²) in [7, 11) is 1.59. The van der Waals surface area contributed by atoms with E-state index in [1.54, 1.807) is 31.4 Å². The summed E-state index contributed by atoms with van der Waals surface area (Å²) in [4.78, 5) is 12.0. The molecule has 0 bridgehead atoms. The van der Waals surface area contributed by atoms with Gasteiger partial charge in [0.05, 0.1) is 17.9 Å². The summed E-state index contributed by atoms with van der Waals surface area (Å²) in [5, 5.41) is 9.17. The molecule has 0 fully saturated rings. The number of thiocarbonyl (C=S) groups is 1. The summed E-state index contributed by atoms with van der Waals surface area (Å²) in [5.74, 6) is -0.170. The predicted molar refractivity (Wildman–Crippen MR) is 85.1 cm³/mol. The van der Waals surface area contributed by atoms with Crippen molar-refractivity contribution in [2.24, 2.45) is 0 Å². The molecule has 6 heteroatoms. The Morgan fingerprint density at radius 1 is 1.40 bits per heavy atom. The zero-order chi connectivity index (χ0) is 14.8. The number of amides is 1. The van der Waals surface area contributed by atoms with Crippen LogP contribution in [0.5, 0.6) is 0 Å². The molecule has 0 atom stereocenters. The topological polar surface area (TPSA) is 62.4 Å². The SMILES string of the molecule is C=CCNC(=S)Nc1ccccc1C(=O)NCCOC. The Bertz CT molecular complexity index is 477. The van der Waals surface area contributed by atoms with Gasteiger partial charge in [0.2, 0.25) is 0 Å². The molecular weight excluding hydrogens is 274 g/mol. The summed E-state index contributed by atoms with van der Waals surface area (Å²) < 4.78 is 4.90. The van der Waals surface area contributed by atoms with Crippen LogP contribution < -0.4 is 16.0 Å². The lowest BCUT2D eigenvalue weighted by atomic mass is 10.1. The van der Waals surface area contributed by atoms with Crippen LogP contribution in [0, 0.1) is 0 Å². The molecule has 1 rings (SSSR count). The Kier molecular flexibility index (Phi) is 7.31. The third-order valence-corrected chi connectivity index (χ3v) is 2.66. The highest BCUT2D eigenvalue weighted by molar-refractivity contribution is 7.80. The monoisotopic (exact) mass is 293 g/mol. The highest BCUT2D eigenvalue weighted by Crippen LogP contribution is 2.14. The number of hydrogen-bond donors (Lipinski definition) is 3. The first-order valence-corrected chi connectivity index (χ1v) is 6.61. The lowest BCUT2D eigenvalue weighted by molar-refractivity contribution is 0.0938. The maximum atomic E-state index is 12.0. The normalized spacial score (nSPS) is 9.65. The average molecular weight is 293 g/mol. The molecule has 0 aliphatic rings. The third-order valence-electron chi connectivity index (χ3n) is 2.42. The van der Waals surface area contributed by atoms with Crippen molar-refractivity contribution in [1.82, 2.24) is 10.6 Å². The second-order valence-electron chi connectivity index (χ2n) is 3.92. The van der Waals surface area contributed by atoms with Crippen molar-refractivity contribution >= 4 is 28.9 Å². The number of anilines is 1. The lowest BCUT2D eigenvalue weighted by Gasteiger charge is -2.13. The van der Waals surface area contributed by atoms with Crippen LogP contribution in [0.2, 0.25) is 0 Å². The van der Waals surface area contributed by atoms with E-state index in [4.69, 9.17) is 17.0 Å². The fourth-order valence-electron chi connectivity index (χ4n) is 1.48. The van der Waals surface area contributed by atoms with Gasteiger partial charge in [0.15, 0.2) is 5.11 Å². The Balaban J connectivity index is 2.69. The van der Waals surface area contributed by atoms with Crippen molar-refractivity contribution in [3.8, 4) is 0 Å². The van der Waals surface area contributed by atoms with Crippen molar-refractivity contribution in [2.45, 2.75) is 0 Å². The van der Waals surface area contributed by atoms with Crippen molar-refractivity contribution in [1.29, 1.82) is 0 Å². The minimum atomic E-state index is -0.170. The van der Waals surface area contributed by atoms with E-state index in [1.807, 2.05) is 6.07 Å². The highest BCUT2D eigenvalue weighted by Gasteiger charge is 2.10. The standard InChI is InChI=1S/C14H19N3O2S/c1-3-8-16-14(20)17-12-7-5-4-6-11(12)13(18)15-9-10-19-2/h3-7H,1,8-10H2,2H3,(H,15,18)(H2,16,17,20). The molecule has 0 saturated carbocycles. The Morgan fingerprint density at radius 3 is 2.85 bits per heavy atom. The number of para-hydroxylation sites is 1. The van der Waals surface area contributed by atoms with E-state index in [2.05, 4.69) is 22.5 Å². The van der Waals surface area contributed by atoms with Crippen LogP contribution in [0.15, 0.2) is 36.9 Å². The van der Waals surface area contributed by atoms with Gasteiger partial charge >= 0.3 is 0 Å². The Labute approximate surface area is 124 Å². The number of rotatable bonds is 7. The molecule has 3 N–H and O–H groups in total. The first-order valence-electron chi connectivity index (χ1n) is 6.21. The van der Waals surface area contributed by atoms with Crippen LogP contribution in [0.3, 0.4) is 0 Å². The molecule has 0 saturated heterocycles. The van der Waals surface area contributed by atoms with E-state index in [0.717, 1.165) is 0 Å². The van der Waals surface area contributed by atoms with Crippen LogP contribution in [-0.2, 0) is 4.74 Å². The Morgan fingerprint density at radius 2 is 2.15 bits per heavy atom. The van der Waals surface area contributed by atoms with Gasteiger partial charge in [-0.15, -0.1) is 6.58 Å². The molecule has 0 unspecified atom stereocenters. The van der Waals surface area contributed by atoms with E-state index < -0.39 is 0 Å². The minimum Gasteiger partial charge on any atom is -0.383 e. The molecule has 0 heterocycles. The molecule has 1 amide bonds. The quantitative estimate of drug-likeness (QED) is 0.404. The minimum absolute atomic E-state index is 0.170. The third kappa shape index (κ3) is 5.38. The molecule has 5 nitrogen and oxygen atoms in total. The van der Waals surface area contributed by atoms with E-state index in [1.165, 1.54) is 0 Å². The summed E-state index contributed by atoms with van der Waals surface area (Å²) in [6.45, 7) is 5.10. The maximum absolute atomic E-state index is 12.0. The van der Waals surface area contributed by atoms with Gasteiger partial charge < -0.3 is 20.7 Å². The molecule has 108 valence electrons. The number of carbonyl (C=O) groups is 1. The number of carbonyl (C=O) groups excluding carboxylic acids is 1. The van der Waals surface area contributed by atoms with Crippen molar-refractivity contribution in [2.75, 3.05) is 32.1 Å². The van der Waals surface area contributed by atoms with Gasteiger partial charge in [-0.25, -0.2) is 0 Å². The van der Waals surface area contributed by atoms with E-state index in [-0.39, 0.29) is 5.91 Å². The van der Waals surface area contributed by atoms with Crippen LogP contribution in [0.25, 0.3) is 0 Å². The van der Waals surface area contributed by atoms with E-state index in [9.17, 15) is 4.79 Å². The zero-order valence-electron chi connectivity index (χ0n) is 11.4. The maximum Gasteiger partial charge on any atom is 0.253 e. The summed E-state index contributed by atoms with van der Waals surface area (Å²) in [5.41, 5.74) is 1.19. The first-order chi connectivity index (χ1) is 9.69. The van der Waals surface area contributed by atoms with Gasteiger partial charge in [0, 0.05) is 20.2 Å². The fourth-order valence-corrected chi connectivity index (χ4v) is 1.68. The molecule has 0 aromatic heterocycles. The van der Waals surface area contributed by atoms with Gasteiger partial charge in [-0.05, 0) is 24.4 Å². The highest BCUT2D eigenvalue weighted by atomic mass is 32.1. The van der Waals surface area contributed by atoms with Gasteiger partial charge in [-0.3, -0.25) is 4.79 Å². The number of benzene rings is 1. The van der Waals surface area contributed by atoms with Gasteiger partial charge in [0.1, 0.15) is 0 Å². The number of methoxy groups -OCH3 is 1. The van der Waals surface area contributed by atoms with Crippen molar-refractivity contribution < 1.29 is 9.53 Å². The summed E-state index contributed by atoms with van der Waals surface area (Å²) in [6.07, 6.45) is 1.71. The predicted octanol–water partition coefficient (Wildman–Crippen LogP) is 1.54. The molecule has 20 heavy (non-hydrogen) atoms. The molecular formula is C14H19N3O2S. The number of ether oxygens (including phenoxy) is 1. The molecule has 0 aliphatic carbocycles. The fraction of sp³-hybridized carbons (Fsp3) is 0.286. The smallest absolute Gasteiger partial charge is 0.253 e. The number of hydrogen-bond acceptors (Lipinski definition) is 3. The van der Waals surface area contributed by atoms with E-state index in [0.29, 0.717) is 36.1 Å². The lowest BCUT2D eigenvalue weighted by Crippen LogP contribution is -2.31. The van der Waals surface area contributed by atoms with Gasteiger partial charge in [-0.2, -0.15) is 0 Å². The van der Waals surface area contributed by atoms with E-state index >= 15 is 0 Å². The number of nitrogens with one attached hydrogen (secondary N) is 3. The van der Waals surface area contributed by atoms with Crippen LogP contribution >= 0.6 is 12.2 Å². The summed E-state index contributed by atoms with van der Waals surface area (Å²) >= 11 is 5.13. The molecule has 1 aromatic rings. The largest absolute Gasteiger partial charge is 0.383 e. The molecule has 0 spiro atoms. The van der Waals surface area contributed by atoms with Gasteiger partial charge in [-0.1, -0.05) is 18.2 Å². The van der Waals surface area contributed by atoms with Crippen LogP contribution in [-0.4, -0.2) is 37.8 Å². The summed E-state index contributed by atoms with van der Waals surface area (Å²) in [6, 6.07) is 7.18. The molecule has 0 aliphatic heterocycles. The van der Waals surface area contributed by atoms with Gasteiger partial charge in [0.25, 0.3) is 5.91 Å². The van der Waals surface area contributed by atoms with Crippen LogP contribution in [0.1, 0.15) is 10.4 Å².